The molecule has 0 aliphatic heterocycles. The fourth-order valence-electron chi connectivity index (χ4n) is 1.87. The molecular weight excluding hydrogens is 271 g/mol. The zero-order chi connectivity index (χ0) is 15.2. The molecular formula is C15H17FN4O. The molecule has 1 aromatic heterocycles. The summed E-state index contributed by atoms with van der Waals surface area (Å²) in [6.07, 6.45) is 1.57. The summed E-state index contributed by atoms with van der Waals surface area (Å²) in [5.74, 6) is -0.00929. The van der Waals surface area contributed by atoms with Gasteiger partial charge in [-0.2, -0.15) is 0 Å². The zero-order valence-corrected chi connectivity index (χ0v) is 11.7. The Hall–Kier alpha value is -2.63. The average Bonchev–Trinajstić information content (AvgIpc) is 2.45. The number of carbonyl (C=O) groups excluding carboxylic acids is 1. The van der Waals surface area contributed by atoms with Gasteiger partial charge in [-0.15, -0.1) is 0 Å². The van der Waals surface area contributed by atoms with E-state index in [1.54, 1.807) is 12.3 Å². The highest BCUT2D eigenvalue weighted by Gasteiger charge is 2.05. The summed E-state index contributed by atoms with van der Waals surface area (Å²) >= 11 is 0. The number of amides is 1. The lowest BCUT2D eigenvalue weighted by Gasteiger charge is -2.10. The molecule has 1 aromatic carbocycles. The Morgan fingerprint density at radius 3 is 2.86 bits per heavy atom. The fraction of sp³-hybridized carbons (Fsp3) is 0.200. The average molecular weight is 288 g/mol. The van der Waals surface area contributed by atoms with Gasteiger partial charge in [0.1, 0.15) is 11.6 Å². The molecule has 4 N–H and O–H groups in total. The third-order valence-corrected chi connectivity index (χ3v) is 2.89. The first-order valence-corrected chi connectivity index (χ1v) is 6.56. The first-order valence-electron chi connectivity index (χ1n) is 6.56. The smallest absolute Gasteiger partial charge is 0.251 e. The Morgan fingerprint density at radius 1 is 1.33 bits per heavy atom. The van der Waals surface area contributed by atoms with Crippen LogP contribution < -0.4 is 16.4 Å². The van der Waals surface area contributed by atoms with Gasteiger partial charge in [-0.05, 0) is 36.8 Å². The lowest BCUT2D eigenvalue weighted by atomic mass is 10.2. The van der Waals surface area contributed by atoms with Crippen LogP contribution in [0.25, 0.3) is 0 Å². The van der Waals surface area contributed by atoms with Crippen LogP contribution in [0, 0.1) is 12.7 Å². The quantitative estimate of drug-likeness (QED) is 0.735. The number of nitrogen functional groups attached to an aromatic ring is 1. The maximum absolute atomic E-state index is 13.0. The van der Waals surface area contributed by atoms with E-state index in [1.165, 1.54) is 18.2 Å². The number of halogens is 1. The molecule has 0 fully saturated rings. The normalized spacial score (nSPS) is 10.2. The van der Waals surface area contributed by atoms with Crippen LogP contribution in [0.3, 0.4) is 0 Å². The van der Waals surface area contributed by atoms with Gasteiger partial charge in [0, 0.05) is 18.7 Å². The van der Waals surface area contributed by atoms with Gasteiger partial charge in [0.05, 0.1) is 11.9 Å². The van der Waals surface area contributed by atoms with Crippen molar-refractivity contribution in [3.8, 4) is 0 Å². The summed E-state index contributed by atoms with van der Waals surface area (Å²) in [5, 5.41) is 5.81. The third-order valence-electron chi connectivity index (χ3n) is 2.89. The molecule has 21 heavy (non-hydrogen) atoms. The monoisotopic (exact) mass is 288 g/mol. The second-order valence-corrected chi connectivity index (χ2v) is 4.63. The van der Waals surface area contributed by atoms with E-state index in [0.29, 0.717) is 24.3 Å². The van der Waals surface area contributed by atoms with Crippen molar-refractivity contribution in [3.63, 3.8) is 0 Å². The highest BCUT2D eigenvalue weighted by molar-refractivity contribution is 5.94. The predicted molar refractivity (Wildman–Crippen MR) is 80.6 cm³/mol. The third kappa shape index (κ3) is 4.17. The highest BCUT2D eigenvalue weighted by atomic mass is 19.1. The van der Waals surface area contributed by atoms with Crippen LogP contribution in [-0.2, 0) is 0 Å². The highest BCUT2D eigenvalue weighted by Crippen LogP contribution is 2.13. The van der Waals surface area contributed by atoms with Crippen LogP contribution in [0.5, 0.6) is 0 Å². The van der Waals surface area contributed by atoms with Gasteiger partial charge in [0.25, 0.3) is 5.91 Å². The summed E-state index contributed by atoms with van der Waals surface area (Å²) in [6, 6.07) is 7.39. The number of carbonyl (C=O) groups is 1. The van der Waals surface area contributed by atoms with Crippen molar-refractivity contribution in [1.29, 1.82) is 0 Å². The van der Waals surface area contributed by atoms with E-state index in [9.17, 15) is 9.18 Å². The van der Waals surface area contributed by atoms with Gasteiger partial charge in [0.15, 0.2) is 0 Å². The van der Waals surface area contributed by atoms with E-state index in [0.717, 1.165) is 11.4 Å². The van der Waals surface area contributed by atoms with Gasteiger partial charge in [-0.1, -0.05) is 6.07 Å². The summed E-state index contributed by atoms with van der Waals surface area (Å²) in [5.41, 5.74) is 7.47. The van der Waals surface area contributed by atoms with Gasteiger partial charge in [-0.3, -0.25) is 4.79 Å². The van der Waals surface area contributed by atoms with Gasteiger partial charge < -0.3 is 16.4 Å². The Balaban J connectivity index is 1.80. The standard InChI is InChI=1S/C15H17FN4O/c1-10-7-13(17)9-20-14(10)18-5-6-19-15(21)11-3-2-4-12(16)8-11/h2-4,7-9H,5-6,17H2,1H3,(H,18,20)(H,19,21). The number of aromatic nitrogens is 1. The molecule has 1 amide bonds. The van der Waals surface area contributed by atoms with E-state index in [4.69, 9.17) is 5.73 Å². The molecule has 110 valence electrons. The summed E-state index contributed by atoms with van der Waals surface area (Å²) in [7, 11) is 0. The Kier molecular flexibility index (Phi) is 4.71. The van der Waals surface area contributed by atoms with E-state index in [-0.39, 0.29) is 5.91 Å². The first kappa shape index (κ1) is 14.8. The molecule has 1 heterocycles. The Labute approximate surface area is 122 Å². The summed E-state index contributed by atoms with van der Waals surface area (Å²) in [4.78, 5) is 15.9. The van der Waals surface area contributed by atoms with Crippen LogP contribution in [0.4, 0.5) is 15.9 Å². The van der Waals surface area contributed by atoms with Crippen molar-refractivity contribution in [3.05, 3.63) is 53.5 Å². The molecule has 0 saturated carbocycles. The molecule has 0 bridgehead atoms. The van der Waals surface area contributed by atoms with Crippen molar-refractivity contribution in [2.24, 2.45) is 0 Å². The molecule has 2 rings (SSSR count). The maximum Gasteiger partial charge on any atom is 0.251 e. The van der Waals surface area contributed by atoms with Crippen LogP contribution in [0.15, 0.2) is 36.5 Å². The first-order chi connectivity index (χ1) is 10.1. The number of benzene rings is 1. The summed E-state index contributed by atoms with van der Waals surface area (Å²) in [6.45, 7) is 2.82. The summed E-state index contributed by atoms with van der Waals surface area (Å²) < 4.78 is 13.0. The number of aryl methyl sites for hydroxylation is 1. The van der Waals surface area contributed by atoms with Crippen molar-refractivity contribution < 1.29 is 9.18 Å². The van der Waals surface area contributed by atoms with Crippen LogP contribution in [-0.4, -0.2) is 24.0 Å². The van der Waals surface area contributed by atoms with Gasteiger partial charge >= 0.3 is 0 Å². The predicted octanol–water partition coefficient (Wildman–Crippen LogP) is 1.95. The molecule has 2 aromatic rings. The number of hydrogen-bond acceptors (Lipinski definition) is 4. The number of hydrogen-bond donors (Lipinski definition) is 3. The zero-order valence-electron chi connectivity index (χ0n) is 11.7. The fourth-order valence-corrected chi connectivity index (χ4v) is 1.87. The molecule has 0 radical (unpaired) electrons. The maximum atomic E-state index is 13.0. The van der Waals surface area contributed by atoms with Crippen LogP contribution in [0.1, 0.15) is 15.9 Å². The lowest BCUT2D eigenvalue weighted by molar-refractivity contribution is 0.0954. The van der Waals surface area contributed by atoms with Crippen LogP contribution in [0.2, 0.25) is 0 Å². The second kappa shape index (κ2) is 6.69. The Bertz CT molecular complexity index is 645. The van der Waals surface area contributed by atoms with E-state index in [2.05, 4.69) is 15.6 Å². The van der Waals surface area contributed by atoms with Crippen molar-refractivity contribution in [2.45, 2.75) is 6.92 Å². The largest absolute Gasteiger partial charge is 0.397 e. The minimum Gasteiger partial charge on any atom is -0.397 e. The number of nitrogens with zero attached hydrogens (tertiary/aromatic N) is 1. The molecule has 0 saturated heterocycles. The number of nitrogens with two attached hydrogens (primary N) is 1. The molecule has 6 heteroatoms. The van der Waals surface area contributed by atoms with Gasteiger partial charge in [0.2, 0.25) is 0 Å². The second-order valence-electron chi connectivity index (χ2n) is 4.63. The molecule has 5 nitrogen and oxygen atoms in total. The van der Waals surface area contributed by atoms with E-state index >= 15 is 0 Å². The molecule has 0 unspecified atom stereocenters. The number of anilines is 2. The van der Waals surface area contributed by atoms with E-state index < -0.39 is 5.82 Å². The molecule has 0 atom stereocenters. The SMILES string of the molecule is Cc1cc(N)cnc1NCCNC(=O)c1cccc(F)c1. The van der Waals surface area contributed by atoms with Crippen molar-refractivity contribution in [1.82, 2.24) is 10.3 Å². The van der Waals surface area contributed by atoms with Crippen molar-refractivity contribution in [2.75, 3.05) is 24.1 Å². The van der Waals surface area contributed by atoms with Gasteiger partial charge in [-0.25, -0.2) is 9.37 Å². The molecule has 0 spiro atoms. The minimum absolute atomic E-state index is 0.303. The van der Waals surface area contributed by atoms with Crippen molar-refractivity contribution >= 4 is 17.4 Å². The molecule has 0 aliphatic carbocycles. The molecule has 0 aliphatic rings. The number of nitrogens with one attached hydrogen (secondary N) is 2. The Morgan fingerprint density at radius 2 is 2.14 bits per heavy atom. The lowest BCUT2D eigenvalue weighted by Crippen LogP contribution is -2.29. The topological polar surface area (TPSA) is 80.0 Å². The number of pyridine rings is 1. The van der Waals surface area contributed by atoms with Crippen LogP contribution >= 0.6 is 0 Å². The van der Waals surface area contributed by atoms with E-state index in [1.807, 2.05) is 13.0 Å². The minimum atomic E-state index is -0.428. The number of rotatable bonds is 5.